The van der Waals surface area contributed by atoms with Crippen molar-refractivity contribution in [1.29, 1.82) is 0 Å². The molecular weight excluding hydrogens is 224 g/mol. The fraction of sp³-hybridized carbons (Fsp3) is 0.818. The molecule has 1 fully saturated rings. The SMILES string of the molecule is CSCC(=O)N[C@@H]1CCCCC[C@@H]1C(N)=O. The summed E-state index contributed by atoms with van der Waals surface area (Å²) in [6.45, 7) is 0. The van der Waals surface area contributed by atoms with Gasteiger partial charge in [0.25, 0.3) is 0 Å². The Morgan fingerprint density at radius 2 is 2.00 bits per heavy atom. The van der Waals surface area contributed by atoms with Crippen LogP contribution in [0, 0.1) is 5.92 Å². The van der Waals surface area contributed by atoms with Gasteiger partial charge in [0.2, 0.25) is 11.8 Å². The normalized spacial score (nSPS) is 25.8. The van der Waals surface area contributed by atoms with Crippen LogP contribution in [0.4, 0.5) is 0 Å². The molecule has 0 unspecified atom stereocenters. The maximum atomic E-state index is 11.5. The van der Waals surface area contributed by atoms with E-state index in [1.54, 1.807) is 0 Å². The molecule has 0 aliphatic heterocycles. The summed E-state index contributed by atoms with van der Waals surface area (Å²) in [5.41, 5.74) is 5.38. The highest BCUT2D eigenvalue weighted by Gasteiger charge is 2.28. The van der Waals surface area contributed by atoms with Crippen molar-refractivity contribution in [2.75, 3.05) is 12.0 Å². The zero-order chi connectivity index (χ0) is 12.0. The summed E-state index contributed by atoms with van der Waals surface area (Å²) in [7, 11) is 0. The van der Waals surface area contributed by atoms with Crippen molar-refractivity contribution in [2.45, 2.75) is 38.1 Å². The van der Waals surface area contributed by atoms with E-state index in [0.29, 0.717) is 5.75 Å². The van der Waals surface area contributed by atoms with Gasteiger partial charge < -0.3 is 11.1 Å². The standard InChI is InChI=1S/C11H20N2O2S/c1-16-7-10(14)13-9-6-4-2-3-5-8(9)11(12)15/h8-9H,2-7H2,1H3,(H2,12,15)(H,13,14)/t8-,9+/m0/s1. The highest BCUT2D eigenvalue weighted by Crippen LogP contribution is 2.23. The topological polar surface area (TPSA) is 72.2 Å². The molecule has 1 aliphatic rings. The molecule has 0 bridgehead atoms. The molecule has 0 aromatic carbocycles. The summed E-state index contributed by atoms with van der Waals surface area (Å²) in [6.07, 6.45) is 6.78. The fourth-order valence-electron chi connectivity index (χ4n) is 2.20. The molecule has 5 heteroatoms. The zero-order valence-corrected chi connectivity index (χ0v) is 10.5. The maximum Gasteiger partial charge on any atom is 0.230 e. The summed E-state index contributed by atoms with van der Waals surface area (Å²) in [6, 6.07) is -0.0559. The number of rotatable bonds is 4. The number of amides is 2. The molecule has 1 rings (SSSR count). The Kier molecular flexibility index (Phi) is 5.66. The predicted molar refractivity (Wildman–Crippen MR) is 66.1 cm³/mol. The number of nitrogens with two attached hydrogens (primary N) is 1. The lowest BCUT2D eigenvalue weighted by Crippen LogP contribution is -2.45. The number of hydrogen-bond acceptors (Lipinski definition) is 3. The lowest BCUT2D eigenvalue weighted by atomic mass is 9.94. The quantitative estimate of drug-likeness (QED) is 0.722. The van der Waals surface area contributed by atoms with Crippen LogP contribution in [0.15, 0.2) is 0 Å². The van der Waals surface area contributed by atoms with Crippen LogP contribution >= 0.6 is 11.8 Å². The Labute approximate surface area is 101 Å². The van der Waals surface area contributed by atoms with Crippen molar-refractivity contribution in [3.8, 4) is 0 Å². The first-order valence-electron chi connectivity index (χ1n) is 5.72. The van der Waals surface area contributed by atoms with Gasteiger partial charge in [0.1, 0.15) is 0 Å². The molecule has 2 amide bonds. The van der Waals surface area contributed by atoms with Crippen LogP contribution in [0.25, 0.3) is 0 Å². The third-order valence-electron chi connectivity index (χ3n) is 3.00. The van der Waals surface area contributed by atoms with Crippen molar-refractivity contribution in [2.24, 2.45) is 11.7 Å². The number of primary amides is 1. The molecule has 4 nitrogen and oxygen atoms in total. The second-order valence-electron chi connectivity index (χ2n) is 4.25. The molecule has 3 N–H and O–H groups in total. The molecule has 2 atom stereocenters. The van der Waals surface area contributed by atoms with Gasteiger partial charge in [0, 0.05) is 6.04 Å². The lowest BCUT2D eigenvalue weighted by molar-refractivity contribution is -0.124. The molecule has 1 saturated carbocycles. The highest BCUT2D eigenvalue weighted by atomic mass is 32.2. The van der Waals surface area contributed by atoms with Gasteiger partial charge >= 0.3 is 0 Å². The van der Waals surface area contributed by atoms with Gasteiger partial charge in [-0.1, -0.05) is 19.3 Å². The molecule has 0 spiro atoms. The second kappa shape index (κ2) is 6.78. The van der Waals surface area contributed by atoms with Crippen molar-refractivity contribution in [1.82, 2.24) is 5.32 Å². The Bertz CT molecular complexity index is 258. The van der Waals surface area contributed by atoms with Gasteiger partial charge in [-0.3, -0.25) is 9.59 Å². The van der Waals surface area contributed by atoms with Gasteiger partial charge in [0.05, 0.1) is 11.7 Å². The number of thioether (sulfide) groups is 1. The summed E-state index contributed by atoms with van der Waals surface area (Å²) < 4.78 is 0. The molecule has 0 aromatic heterocycles. The first-order chi connectivity index (χ1) is 7.65. The van der Waals surface area contributed by atoms with Crippen molar-refractivity contribution >= 4 is 23.6 Å². The van der Waals surface area contributed by atoms with Crippen molar-refractivity contribution in [3.63, 3.8) is 0 Å². The van der Waals surface area contributed by atoms with Gasteiger partial charge in [-0.2, -0.15) is 11.8 Å². The zero-order valence-electron chi connectivity index (χ0n) is 9.70. The van der Waals surface area contributed by atoms with E-state index < -0.39 is 0 Å². The van der Waals surface area contributed by atoms with Gasteiger partial charge in [0.15, 0.2) is 0 Å². The Morgan fingerprint density at radius 1 is 1.31 bits per heavy atom. The largest absolute Gasteiger partial charge is 0.369 e. The third-order valence-corrected chi connectivity index (χ3v) is 3.55. The van der Waals surface area contributed by atoms with E-state index in [1.165, 1.54) is 11.8 Å². The van der Waals surface area contributed by atoms with Gasteiger partial charge in [-0.25, -0.2) is 0 Å². The van der Waals surface area contributed by atoms with Crippen molar-refractivity contribution < 1.29 is 9.59 Å². The van der Waals surface area contributed by atoms with E-state index in [9.17, 15) is 9.59 Å². The average molecular weight is 244 g/mol. The van der Waals surface area contributed by atoms with E-state index in [4.69, 9.17) is 5.73 Å². The number of nitrogens with one attached hydrogen (secondary N) is 1. The molecule has 0 saturated heterocycles. The summed E-state index contributed by atoms with van der Waals surface area (Å²) in [5, 5.41) is 2.93. The maximum absolute atomic E-state index is 11.5. The Hall–Kier alpha value is -0.710. The first kappa shape index (κ1) is 13.4. The summed E-state index contributed by atoms with van der Waals surface area (Å²) >= 11 is 1.48. The lowest BCUT2D eigenvalue weighted by Gasteiger charge is -2.23. The summed E-state index contributed by atoms with van der Waals surface area (Å²) in [4.78, 5) is 22.8. The van der Waals surface area contributed by atoms with E-state index in [1.807, 2.05) is 6.26 Å². The van der Waals surface area contributed by atoms with E-state index >= 15 is 0 Å². The second-order valence-corrected chi connectivity index (χ2v) is 5.12. The van der Waals surface area contributed by atoms with Crippen LogP contribution in [0.5, 0.6) is 0 Å². The molecule has 92 valence electrons. The van der Waals surface area contributed by atoms with Gasteiger partial charge in [-0.15, -0.1) is 0 Å². The van der Waals surface area contributed by atoms with E-state index in [2.05, 4.69) is 5.32 Å². The minimum atomic E-state index is -0.281. The van der Waals surface area contributed by atoms with Crippen LogP contribution in [0.3, 0.4) is 0 Å². The minimum absolute atomic E-state index is 0.00523. The first-order valence-corrected chi connectivity index (χ1v) is 7.12. The van der Waals surface area contributed by atoms with Crippen LogP contribution in [-0.2, 0) is 9.59 Å². The molecule has 1 aliphatic carbocycles. The Balaban J connectivity index is 2.57. The molecule has 16 heavy (non-hydrogen) atoms. The molecule has 0 radical (unpaired) electrons. The molecule has 0 heterocycles. The predicted octanol–water partition coefficient (Wildman–Crippen LogP) is 0.900. The molecule has 0 aromatic rings. The monoisotopic (exact) mass is 244 g/mol. The van der Waals surface area contributed by atoms with Gasteiger partial charge in [-0.05, 0) is 19.1 Å². The van der Waals surface area contributed by atoms with Crippen LogP contribution < -0.4 is 11.1 Å². The minimum Gasteiger partial charge on any atom is -0.369 e. The molecular formula is C11H20N2O2S. The number of carbonyl (C=O) groups excluding carboxylic acids is 2. The Morgan fingerprint density at radius 3 is 2.62 bits per heavy atom. The van der Waals surface area contributed by atoms with Crippen LogP contribution in [0.1, 0.15) is 32.1 Å². The van der Waals surface area contributed by atoms with E-state index in [-0.39, 0.29) is 23.8 Å². The summed E-state index contributed by atoms with van der Waals surface area (Å²) in [5.74, 6) is -0.0163. The third kappa shape index (κ3) is 4.04. The van der Waals surface area contributed by atoms with Crippen molar-refractivity contribution in [3.05, 3.63) is 0 Å². The average Bonchev–Trinajstić information content (AvgIpc) is 2.43. The smallest absolute Gasteiger partial charge is 0.230 e. The van der Waals surface area contributed by atoms with Crippen LogP contribution in [-0.4, -0.2) is 29.9 Å². The van der Waals surface area contributed by atoms with Crippen LogP contribution in [0.2, 0.25) is 0 Å². The number of hydrogen-bond donors (Lipinski definition) is 2. The van der Waals surface area contributed by atoms with E-state index in [0.717, 1.165) is 32.1 Å². The number of carbonyl (C=O) groups is 2. The highest BCUT2D eigenvalue weighted by molar-refractivity contribution is 7.99. The fourth-order valence-corrected chi connectivity index (χ4v) is 2.55.